The minimum absolute atomic E-state index is 0.0468. The maximum atomic E-state index is 13.6. The summed E-state index contributed by atoms with van der Waals surface area (Å²) in [7, 11) is 0. The third kappa shape index (κ3) is 4.63. The Balaban J connectivity index is 1.48. The summed E-state index contributed by atoms with van der Waals surface area (Å²) in [6.07, 6.45) is 7.77. The van der Waals surface area contributed by atoms with Gasteiger partial charge >= 0.3 is 11.9 Å². The van der Waals surface area contributed by atoms with Gasteiger partial charge in [0.15, 0.2) is 0 Å². The number of carboxylic acids is 1. The van der Waals surface area contributed by atoms with Crippen LogP contribution in [0.2, 0.25) is 0 Å². The zero-order valence-corrected chi connectivity index (χ0v) is 28.9. The Kier molecular flexibility index (Phi) is 7.86. The topological polar surface area (TPSA) is 110 Å². The molecule has 4 saturated carbocycles. The molecule has 0 saturated heterocycles. The van der Waals surface area contributed by atoms with Crippen molar-refractivity contribution < 1.29 is 29.0 Å². The highest BCUT2D eigenvalue weighted by atomic mass is 16.5. The average Bonchev–Trinajstić information content (AvgIpc) is 3.17. The van der Waals surface area contributed by atoms with Crippen LogP contribution in [0.4, 0.5) is 0 Å². The SMILES string of the molecule is CC(=O)N[C@@]12CC[C@]3(C)C(=C1C(C(C)C)C(=O)C2)CC[C@@H]1[C@@]2(C)CC[C@H](OC(=O)CC(C)(C)C(=O)O)C(C)(C)[C@@H]2CC[C@]13C. The molecule has 0 aromatic heterocycles. The Morgan fingerprint density at radius 1 is 0.977 bits per heavy atom. The van der Waals surface area contributed by atoms with Gasteiger partial charge in [-0.25, -0.2) is 0 Å². The molecular weight excluding hydrogens is 554 g/mol. The van der Waals surface area contributed by atoms with E-state index >= 15 is 0 Å². The van der Waals surface area contributed by atoms with Crippen molar-refractivity contribution in [3.8, 4) is 0 Å². The van der Waals surface area contributed by atoms with Crippen LogP contribution >= 0.6 is 0 Å². The molecule has 7 nitrogen and oxygen atoms in total. The molecule has 0 bridgehead atoms. The molecule has 4 fully saturated rings. The standard InChI is InChI=1S/C37H57NO6/c1-21(2)29-24(40)19-37(38-22(3)39)18-17-35(9)23(30(29)37)11-12-26-34(8)15-14-27(44-28(41)20-32(4,5)31(42)43)33(6,7)25(34)13-16-36(26,35)10/h21,25-27,29H,11-20H2,1-10H3,(H,38,39)(H,42,43)/t25-,26+,27-,29?,34-,35+,36+,37+/m0/s1. The van der Waals surface area contributed by atoms with Gasteiger partial charge < -0.3 is 15.2 Å². The zero-order chi connectivity index (χ0) is 32.8. The lowest BCUT2D eigenvalue weighted by atomic mass is 9.34. The van der Waals surface area contributed by atoms with Crippen LogP contribution in [0, 0.1) is 50.7 Å². The van der Waals surface area contributed by atoms with E-state index in [2.05, 4.69) is 53.8 Å². The number of rotatable bonds is 6. The quantitative estimate of drug-likeness (QED) is 0.242. The number of amides is 1. The van der Waals surface area contributed by atoms with E-state index in [0.717, 1.165) is 51.4 Å². The molecule has 0 aromatic rings. The molecule has 5 rings (SSSR count). The van der Waals surface area contributed by atoms with Crippen molar-refractivity contribution in [3.63, 3.8) is 0 Å². The molecule has 7 heteroatoms. The fraction of sp³-hybridized carbons (Fsp3) is 0.838. The monoisotopic (exact) mass is 611 g/mol. The van der Waals surface area contributed by atoms with Gasteiger partial charge in [-0.3, -0.25) is 19.2 Å². The Bertz CT molecular complexity index is 1290. The van der Waals surface area contributed by atoms with Crippen LogP contribution in [-0.2, 0) is 23.9 Å². The molecule has 0 heterocycles. The number of carbonyl (C=O) groups excluding carboxylic acids is 3. The third-order valence-corrected chi connectivity index (χ3v) is 14.1. The maximum Gasteiger partial charge on any atom is 0.309 e. The first-order chi connectivity index (χ1) is 20.2. The molecule has 246 valence electrons. The van der Waals surface area contributed by atoms with E-state index in [9.17, 15) is 24.3 Å². The number of ether oxygens (including phenoxy) is 1. The van der Waals surface area contributed by atoms with Crippen molar-refractivity contribution in [2.75, 3.05) is 0 Å². The van der Waals surface area contributed by atoms with E-state index in [0.29, 0.717) is 18.3 Å². The molecule has 0 spiro atoms. The van der Waals surface area contributed by atoms with Crippen molar-refractivity contribution in [1.82, 2.24) is 5.32 Å². The first-order valence-electron chi connectivity index (χ1n) is 17.1. The van der Waals surface area contributed by atoms with Gasteiger partial charge in [-0.15, -0.1) is 0 Å². The maximum absolute atomic E-state index is 13.6. The van der Waals surface area contributed by atoms with Crippen molar-refractivity contribution in [2.45, 2.75) is 145 Å². The largest absolute Gasteiger partial charge is 0.481 e. The molecule has 2 N–H and O–H groups in total. The molecule has 1 amide bonds. The van der Waals surface area contributed by atoms with Crippen LogP contribution in [0.3, 0.4) is 0 Å². The van der Waals surface area contributed by atoms with Crippen LogP contribution in [0.1, 0.15) is 133 Å². The Hall–Kier alpha value is -2.18. The average molecular weight is 612 g/mol. The smallest absolute Gasteiger partial charge is 0.309 e. The summed E-state index contributed by atoms with van der Waals surface area (Å²) in [4.78, 5) is 50.7. The predicted octanol–water partition coefficient (Wildman–Crippen LogP) is 7.27. The number of esters is 1. The molecule has 0 aliphatic heterocycles. The van der Waals surface area contributed by atoms with E-state index in [4.69, 9.17) is 4.74 Å². The van der Waals surface area contributed by atoms with Crippen molar-refractivity contribution in [2.24, 2.45) is 50.7 Å². The summed E-state index contributed by atoms with van der Waals surface area (Å²) in [5.41, 5.74) is 0.888. The summed E-state index contributed by atoms with van der Waals surface area (Å²) >= 11 is 0. The minimum atomic E-state index is -1.16. The number of nitrogens with one attached hydrogen (secondary N) is 1. The van der Waals surface area contributed by atoms with Gasteiger partial charge in [-0.1, -0.05) is 54.0 Å². The van der Waals surface area contributed by atoms with Crippen molar-refractivity contribution in [3.05, 3.63) is 11.1 Å². The lowest BCUT2D eigenvalue weighted by molar-refractivity contribution is -0.214. The summed E-state index contributed by atoms with van der Waals surface area (Å²) in [5, 5.41) is 12.9. The summed E-state index contributed by atoms with van der Waals surface area (Å²) < 4.78 is 6.11. The molecule has 0 radical (unpaired) electrons. The number of aliphatic carboxylic acids is 1. The second kappa shape index (κ2) is 10.4. The van der Waals surface area contributed by atoms with Crippen LogP contribution < -0.4 is 5.32 Å². The second-order valence-electron chi connectivity index (χ2n) is 17.7. The second-order valence-corrected chi connectivity index (χ2v) is 17.7. The molecule has 8 atom stereocenters. The van der Waals surface area contributed by atoms with E-state index in [1.54, 1.807) is 20.8 Å². The molecule has 5 aliphatic rings. The van der Waals surface area contributed by atoms with Crippen molar-refractivity contribution in [1.29, 1.82) is 0 Å². The number of carboxylic acid groups (broad SMARTS) is 1. The van der Waals surface area contributed by atoms with Crippen LogP contribution in [-0.4, -0.2) is 40.4 Å². The fourth-order valence-corrected chi connectivity index (χ4v) is 11.8. The summed E-state index contributed by atoms with van der Waals surface area (Å²) in [6, 6.07) is 0. The van der Waals surface area contributed by atoms with Gasteiger partial charge in [0, 0.05) is 24.7 Å². The number of fused-ring (bicyclic) bond motifs is 6. The van der Waals surface area contributed by atoms with Crippen LogP contribution in [0.5, 0.6) is 0 Å². The zero-order valence-electron chi connectivity index (χ0n) is 28.9. The number of Topliss-reactive ketones (excluding diaryl/α,β-unsaturated/α-hetero) is 1. The number of allylic oxidation sites excluding steroid dienone is 1. The first kappa shape index (κ1) is 33.2. The summed E-state index contributed by atoms with van der Waals surface area (Å²) in [6.45, 7) is 21.1. The third-order valence-electron chi connectivity index (χ3n) is 14.1. The predicted molar refractivity (Wildman–Crippen MR) is 169 cm³/mol. The van der Waals surface area contributed by atoms with E-state index < -0.39 is 22.9 Å². The Morgan fingerprint density at radius 3 is 2.23 bits per heavy atom. The number of hydrogen-bond donors (Lipinski definition) is 2. The van der Waals surface area contributed by atoms with Gasteiger partial charge in [-0.05, 0) is 105 Å². The number of hydrogen-bond acceptors (Lipinski definition) is 5. The van der Waals surface area contributed by atoms with Gasteiger partial charge in [0.1, 0.15) is 11.9 Å². The lowest BCUT2D eigenvalue weighted by Gasteiger charge is -2.70. The number of carbonyl (C=O) groups is 4. The first-order valence-corrected chi connectivity index (χ1v) is 17.1. The van der Waals surface area contributed by atoms with Gasteiger partial charge in [0.2, 0.25) is 5.91 Å². The van der Waals surface area contributed by atoms with Crippen molar-refractivity contribution >= 4 is 23.6 Å². The van der Waals surface area contributed by atoms with E-state index in [1.807, 2.05) is 0 Å². The number of ketones is 1. The molecular formula is C37H57NO6. The van der Waals surface area contributed by atoms with Gasteiger partial charge in [0.05, 0.1) is 17.4 Å². The van der Waals surface area contributed by atoms with E-state index in [1.165, 1.54) is 11.1 Å². The van der Waals surface area contributed by atoms with Crippen LogP contribution in [0.25, 0.3) is 0 Å². The molecule has 1 unspecified atom stereocenters. The van der Waals surface area contributed by atoms with Gasteiger partial charge in [-0.2, -0.15) is 0 Å². The fourth-order valence-electron chi connectivity index (χ4n) is 11.8. The van der Waals surface area contributed by atoms with E-state index in [-0.39, 0.29) is 57.7 Å². The highest BCUT2D eigenvalue weighted by molar-refractivity contribution is 5.92. The molecule has 44 heavy (non-hydrogen) atoms. The summed E-state index contributed by atoms with van der Waals surface area (Å²) in [5.74, 6) is -0.239. The normalized spacial score (nSPS) is 41.3. The van der Waals surface area contributed by atoms with Crippen LogP contribution in [0.15, 0.2) is 11.1 Å². The highest BCUT2D eigenvalue weighted by Gasteiger charge is 2.69. The van der Waals surface area contributed by atoms with Gasteiger partial charge in [0.25, 0.3) is 0 Å². The molecule has 5 aliphatic carbocycles. The minimum Gasteiger partial charge on any atom is -0.481 e. The Labute approximate surface area is 264 Å². The molecule has 0 aromatic carbocycles. The Morgan fingerprint density at radius 2 is 1.64 bits per heavy atom. The highest BCUT2D eigenvalue weighted by Crippen LogP contribution is 2.75. The lowest BCUT2D eigenvalue weighted by Crippen LogP contribution is -2.65.